The topological polar surface area (TPSA) is 0 Å². The summed E-state index contributed by atoms with van der Waals surface area (Å²) in [5, 5.41) is 12.9. The molecule has 0 bridgehead atoms. The van der Waals surface area contributed by atoms with Gasteiger partial charge in [0.15, 0.2) is 0 Å². The van der Waals surface area contributed by atoms with E-state index in [2.05, 4.69) is 103 Å². The second kappa shape index (κ2) is 9.76. The molecule has 0 aliphatic rings. The van der Waals surface area contributed by atoms with Gasteiger partial charge >= 0.3 is 0 Å². The van der Waals surface area contributed by atoms with Crippen LogP contribution < -0.4 is 0 Å². The van der Waals surface area contributed by atoms with Crippen molar-refractivity contribution < 1.29 is 6.85 Å². The van der Waals surface area contributed by atoms with Crippen LogP contribution in [0.1, 0.15) is 6.85 Å². The summed E-state index contributed by atoms with van der Waals surface area (Å²) in [4.78, 5) is 0. The Morgan fingerprint density at radius 3 is 1.59 bits per heavy atom. The molecule has 0 aromatic heterocycles. The van der Waals surface area contributed by atoms with Crippen molar-refractivity contribution in [2.45, 2.75) is 0 Å². The molecule has 10 aromatic rings. The second-order valence-electron chi connectivity index (χ2n) is 12.0. The molecule has 0 saturated heterocycles. The lowest BCUT2D eigenvalue weighted by Gasteiger charge is -2.21. The van der Waals surface area contributed by atoms with Crippen LogP contribution >= 0.6 is 0 Å². The first-order valence-electron chi connectivity index (χ1n) is 18.1. The predicted molar refractivity (Wildman–Crippen MR) is 199 cm³/mol. The highest BCUT2D eigenvalue weighted by molar-refractivity contribution is 6.33. The molecule has 0 aliphatic heterocycles. The number of hydrogen-bond acceptors (Lipinski definition) is 0. The lowest BCUT2D eigenvalue weighted by molar-refractivity contribution is 1.66. The summed E-state index contributed by atoms with van der Waals surface area (Å²) in [7, 11) is 0. The van der Waals surface area contributed by atoms with Gasteiger partial charge in [0.1, 0.15) is 0 Å². The molecule has 0 N–H and O–H groups in total. The molecule has 0 spiro atoms. The molecule has 0 radical (unpaired) electrons. The molecule has 0 atom stereocenters. The Morgan fingerprint density at radius 2 is 0.848 bits per heavy atom. The summed E-state index contributed by atoms with van der Waals surface area (Å²) >= 11 is 0. The highest BCUT2D eigenvalue weighted by Gasteiger charge is 2.21. The third-order valence-corrected chi connectivity index (χ3v) is 9.68. The molecule has 0 saturated carbocycles. The highest BCUT2D eigenvalue weighted by atomic mass is 14.2. The average Bonchev–Trinajstić information content (AvgIpc) is 3.18. The maximum atomic E-state index is 9.04. The number of fused-ring (bicyclic) bond motifs is 4. The molecule has 0 heteroatoms. The Bertz CT molecular complexity index is 3040. The maximum Gasteiger partial charge on any atom is 0.0629 e. The van der Waals surface area contributed by atoms with Gasteiger partial charge in [-0.25, -0.2) is 0 Å². The molecule has 0 nitrogen and oxygen atoms in total. The number of rotatable bonds is 3. The molecule has 10 aromatic carbocycles. The van der Waals surface area contributed by atoms with Crippen molar-refractivity contribution in [1.82, 2.24) is 0 Å². The lowest BCUT2D eigenvalue weighted by atomic mass is 9.81. The average molecular weight is 586 g/mol. The van der Waals surface area contributed by atoms with Crippen LogP contribution in [-0.4, -0.2) is 0 Å². The van der Waals surface area contributed by atoms with E-state index in [9.17, 15) is 0 Å². The molecule has 0 heterocycles. The monoisotopic (exact) mass is 585 g/mol. The van der Waals surface area contributed by atoms with E-state index in [4.69, 9.17) is 6.85 Å². The van der Waals surface area contributed by atoms with Crippen LogP contribution in [0.3, 0.4) is 0 Å². The Balaban J connectivity index is 1.41. The zero-order chi connectivity index (χ0) is 34.5. The quantitative estimate of drug-likeness (QED) is 0.143. The predicted octanol–water partition coefficient (Wildman–Crippen LogP) is 13.0. The Kier molecular flexibility index (Phi) is 4.43. The van der Waals surface area contributed by atoms with Gasteiger partial charge in [-0.2, -0.15) is 0 Å². The van der Waals surface area contributed by atoms with E-state index in [0.29, 0.717) is 5.56 Å². The summed E-state index contributed by atoms with van der Waals surface area (Å²) in [6.07, 6.45) is 0. The zero-order valence-corrected chi connectivity index (χ0v) is 24.8. The summed E-state index contributed by atoms with van der Waals surface area (Å²) in [6, 6.07) is 47.5. The first kappa shape index (κ1) is 20.9. The number of hydrogen-bond donors (Lipinski definition) is 0. The van der Waals surface area contributed by atoms with Crippen molar-refractivity contribution in [1.29, 1.82) is 0 Å². The molecule has 46 heavy (non-hydrogen) atoms. The standard InChI is InChI=1S/C46H28/c1-3-11-29(12-4-1)34-24-20-32-22-26-39-40(27-23-33-21-25-38(34)43(32)44(33)39)46-37-18-10-9-17-36(37)42(31-14-5-2-6-15-31)41-28-19-30-13-7-8-16-35(30)45(41)46/h1-28H/i2D,5D,6D,14D,15D. The smallest absolute Gasteiger partial charge is 0.0622 e. The normalized spacial score (nSPS) is 13.4. The van der Waals surface area contributed by atoms with E-state index >= 15 is 0 Å². The van der Waals surface area contributed by atoms with Crippen LogP contribution in [0.4, 0.5) is 0 Å². The first-order valence-corrected chi connectivity index (χ1v) is 15.6. The van der Waals surface area contributed by atoms with Crippen molar-refractivity contribution in [2.75, 3.05) is 0 Å². The summed E-state index contributed by atoms with van der Waals surface area (Å²) in [6.45, 7) is 0. The maximum absolute atomic E-state index is 9.04. The fraction of sp³-hybridized carbons (Fsp3) is 0. The van der Waals surface area contributed by atoms with Gasteiger partial charge in [-0.3, -0.25) is 0 Å². The van der Waals surface area contributed by atoms with Crippen molar-refractivity contribution in [3.05, 3.63) is 170 Å². The van der Waals surface area contributed by atoms with Gasteiger partial charge in [0.05, 0.1) is 6.85 Å². The summed E-state index contributed by atoms with van der Waals surface area (Å²) in [5.74, 6) is 0. The molecular formula is C46H28. The van der Waals surface area contributed by atoms with Crippen molar-refractivity contribution >= 4 is 64.6 Å². The fourth-order valence-electron chi connectivity index (χ4n) is 7.76. The van der Waals surface area contributed by atoms with E-state index in [1.807, 2.05) is 36.4 Å². The molecular weight excluding hydrogens is 553 g/mol. The largest absolute Gasteiger partial charge is 0.0629 e. The molecule has 0 fully saturated rings. The molecule has 0 amide bonds. The minimum Gasteiger partial charge on any atom is -0.0622 e. The Morgan fingerprint density at radius 1 is 0.304 bits per heavy atom. The molecule has 10 rings (SSSR count). The van der Waals surface area contributed by atoms with Gasteiger partial charge in [-0.15, -0.1) is 0 Å². The van der Waals surface area contributed by atoms with Gasteiger partial charge in [-0.1, -0.05) is 170 Å². The van der Waals surface area contributed by atoms with Crippen LogP contribution in [0.15, 0.2) is 170 Å². The van der Waals surface area contributed by atoms with Gasteiger partial charge in [0, 0.05) is 0 Å². The van der Waals surface area contributed by atoms with Crippen molar-refractivity contribution in [3.63, 3.8) is 0 Å². The third kappa shape index (κ3) is 3.56. The van der Waals surface area contributed by atoms with Crippen LogP contribution in [0.5, 0.6) is 0 Å². The zero-order valence-electron chi connectivity index (χ0n) is 29.8. The Hall–Kier alpha value is -5.98. The summed E-state index contributed by atoms with van der Waals surface area (Å²) < 4.78 is 43.5. The van der Waals surface area contributed by atoms with Gasteiger partial charge in [-0.05, 0) is 98.0 Å². The van der Waals surface area contributed by atoms with Gasteiger partial charge < -0.3 is 0 Å². The molecule has 212 valence electrons. The minimum absolute atomic E-state index is 0.203. The van der Waals surface area contributed by atoms with E-state index in [1.54, 1.807) is 0 Å². The lowest BCUT2D eigenvalue weighted by Crippen LogP contribution is -1.94. The van der Waals surface area contributed by atoms with Crippen molar-refractivity contribution in [3.8, 4) is 33.4 Å². The number of benzene rings is 10. The third-order valence-electron chi connectivity index (χ3n) is 9.68. The van der Waals surface area contributed by atoms with E-state index in [-0.39, 0.29) is 29.7 Å². The van der Waals surface area contributed by atoms with Crippen LogP contribution in [0.2, 0.25) is 0 Å². The van der Waals surface area contributed by atoms with E-state index in [0.717, 1.165) is 48.8 Å². The van der Waals surface area contributed by atoms with Gasteiger partial charge in [0.25, 0.3) is 0 Å². The minimum atomic E-state index is -0.395. The SMILES string of the molecule is [2H]c1c([2H])c([2H])c(-c2c3ccccc3c(-c3ccc4ccc5c(-c6ccccc6)ccc6ccc3c4c65)c3c2ccc2ccccc23)c([2H])c1[2H]. The fourth-order valence-corrected chi connectivity index (χ4v) is 7.76. The van der Waals surface area contributed by atoms with Crippen LogP contribution in [0.25, 0.3) is 98.0 Å². The van der Waals surface area contributed by atoms with Crippen LogP contribution in [-0.2, 0) is 0 Å². The van der Waals surface area contributed by atoms with Crippen LogP contribution in [0, 0.1) is 0 Å². The second-order valence-corrected chi connectivity index (χ2v) is 12.0. The molecule has 0 unspecified atom stereocenters. The summed E-state index contributed by atoms with van der Waals surface area (Å²) in [5.41, 5.74) is 5.40. The van der Waals surface area contributed by atoms with E-state index < -0.39 is 6.04 Å². The highest BCUT2D eigenvalue weighted by Crippen LogP contribution is 2.49. The van der Waals surface area contributed by atoms with Crippen molar-refractivity contribution in [2.24, 2.45) is 0 Å². The first-order chi connectivity index (χ1) is 24.9. The van der Waals surface area contributed by atoms with Gasteiger partial charge in [0.2, 0.25) is 0 Å². The Labute approximate surface area is 274 Å². The van der Waals surface area contributed by atoms with E-state index in [1.165, 1.54) is 38.1 Å². The molecule has 0 aliphatic carbocycles.